The zero-order valence-corrected chi connectivity index (χ0v) is 10.5. The lowest BCUT2D eigenvalue weighted by molar-refractivity contribution is 0.184. The maximum atomic E-state index is 5.27. The first-order valence-electron chi connectivity index (χ1n) is 6.00. The summed E-state index contributed by atoms with van der Waals surface area (Å²) in [5, 5.41) is 4.62. The molecule has 0 spiro atoms. The van der Waals surface area contributed by atoms with E-state index >= 15 is 0 Å². The fourth-order valence-electron chi connectivity index (χ4n) is 2.31. The molecule has 90 valence electrons. The number of rotatable bonds is 3. The minimum atomic E-state index is 0.658. The summed E-state index contributed by atoms with van der Waals surface area (Å²) in [7, 11) is 3.74. The Hall–Kier alpha value is -1.03. The van der Waals surface area contributed by atoms with E-state index in [1.54, 1.807) is 7.11 Å². The number of methoxy groups -OCH3 is 1. The van der Waals surface area contributed by atoms with Gasteiger partial charge in [-0.2, -0.15) is 5.10 Å². The maximum absolute atomic E-state index is 5.27. The van der Waals surface area contributed by atoms with Gasteiger partial charge >= 0.3 is 0 Å². The van der Waals surface area contributed by atoms with Crippen LogP contribution in [0.2, 0.25) is 0 Å². The van der Waals surface area contributed by atoms with Gasteiger partial charge < -0.3 is 9.64 Å². The van der Waals surface area contributed by atoms with Gasteiger partial charge in [-0.25, -0.2) is 0 Å². The molecule has 1 saturated heterocycles. The lowest BCUT2D eigenvalue weighted by atomic mass is 10.1. The molecule has 0 bridgehead atoms. The third-order valence-electron chi connectivity index (χ3n) is 3.38. The molecule has 2 heterocycles. The predicted octanol–water partition coefficient (Wildman–Crippen LogP) is 1.87. The Morgan fingerprint density at radius 1 is 1.25 bits per heavy atom. The van der Waals surface area contributed by atoms with Crippen LogP contribution >= 0.6 is 0 Å². The average Bonchev–Trinajstić information content (AvgIpc) is 2.59. The monoisotopic (exact) mass is 223 g/mol. The number of ether oxygens (including phenoxy) is 1. The molecule has 0 aliphatic carbocycles. The Morgan fingerprint density at radius 2 is 1.94 bits per heavy atom. The van der Waals surface area contributed by atoms with Crippen LogP contribution in [0.5, 0.6) is 0 Å². The molecule has 1 aliphatic rings. The molecule has 0 amide bonds. The molecule has 0 radical (unpaired) electrons. The molecule has 0 N–H and O–H groups in total. The molecule has 1 aromatic rings. The van der Waals surface area contributed by atoms with Crippen LogP contribution in [0.15, 0.2) is 0 Å². The van der Waals surface area contributed by atoms with Crippen molar-refractivity contribution in [3.05, 3.63) is 11.3 Å². The Labute approximate surface area is 97.2 Å². The number of hydrogen-bond donors (Lipinski definition) is 0. The molecule has 1 fully saturated rings. The van der Waals surface area contributed by atoms with Gasteiger partial charge in [0.05, 0.1) is 6.61 Å². The van der Waals surface area contributed by atoms with E-state index in [1.807, 2.05) is 11.7 Å². The van der Waals surface area contributed by atoms with Crippen LogP contribution in [0.4, 0.5) is 5.82 Å². The second-order valence-corrected chi connectivity index (χ2v) is 4.49. The topological polar surface area (TPSA) is 30.3 Å². The van der Waals surface area contributed by atoms with Crippen LogP contribution in [0.1, 0.15) is 30.5 Å². The van der Waals surface area contributed by atoms with Crippen molar-refractivity contribution in [2.75, 3.05) is 25.1 Å². The molecular weight excluding hydrogens is 202 g/mol. The van der Waals surface area contributed by atoms with Gasteiger partial charge in [-0.3, -0.25) is 4.68 Å². The van der Waals surface area contributed by atoms with Crippen molar-refractivity contribution in [3.8, 4) is 0 Å². The highest BCUT2D eigenvalue weighted by Crippen LogP contribution is 2.25. The normalized spacial score (nSPS) is 16.8. The van der Waals surface area contributed by atoms with Gasteiger partial charge in [0.2, 0.25) is 0 Å². The van der Waals surface area contributed by atoms with Crippen LogP contribution in [-0.2, 0) is 18.4 Å². The van der Waals surface area contributed by atoms with Crippen molar-refractivity contribution in [2.45, 2.75) is 32.8 Å². The van der Waals surface area contributed by atoms with E-state index in [9.17, 15) is 0 Å². The van der Waals surface area contributed by atoms with Crippen LogP contribution in [0.25, 0.3) is 0 Å². The number of nitrogens with zero attached hydrogens (tertiary/aromatic N) is 3. The SMILES string of the molecule is COCc1c(N2CCCCC2)nn(C)c1C. The van der Waals surface area contributed by atoms with Crippen molar-refractivity contribution in [1.29, 1.82) is 0 Å². The summed E-state index contributed by atoms with van der Waals surface area (Å²) >= 11 is 0. The summed E-state index contributed by atoms with van der Waals surface area (Å²) in [5.41, 5.74) is 2.45. The first kappa shape index (κ1) is 11.5. The summed E-state index contributed by atoms with van der Waals surface area (Å²) in [4.78, 5) is 2.39. The molecular formula is C12H21N3O. The van der Waals surface area contributed by atoms with Crippen LogP contribution in [0, 0.1) is 6.92 Å². The molecule has 0 saturated carbocycles. The smallest absolute Gasteiger partial charge is 0.156 e. The number of aryl methyl sites for hydroxylation is 1. The standard InChI is InChI=1S/C12H21N3O/c1-10-11(9-16-3)12(13-14(10)2)15-7-5-4-6-8-15/h4-9H2,1-3H3. The van der Waals surface area contributed by atoms with Crippen LogP contribution < -0.4 is 4.90 Å². The van der Waals surface area contributed by atoms with Crippen molar-refractivity contribution in [2.24, 2.45) is 7.05 Å². The van der Waals surface area contributed by atoms with E-state index < -0.39 is 0 Å². The Kier molecular flexibility index (Phi) is 3.49. The summed E-state index contributed by atoms with van der Waals surface area (Å²) in [5.74, 6) is 1.13. The highest BCUT2D eigenvalue weighted by Gasteiger charge is 2.20. The van der Waals surface area contributed by atoms with Gasteiger partial charge in [-0.1, -0.05) is 0 Å². The molecule has 0 unspecified atom stereocenters. The van der Waals surface area contributed by atoms with Gasteiger partial charge in [0, 0.05) is 38.5 Å². The highest BCUT2D eigenvalue weighted by atomic mass is 16.5. The van der Waals surface area contributed by atoms with Gasteiger partial charge in [-0.15, -0.1) is 0 Å². The molecule has 1 aromatic heterocycles. The molecule has 2 rings (SSSR count). The lowest BCUT2D eigenvalue weighted by Gasteiger charge is -2.27. The fourth-order valence-corrected chi connectivity index (χ4v) is 2.31. The molecule has 1 aliphatic heterocycles. The van der Waals surface area contributed by atoms with Crippen LogP contribution in [0.3, 0.4) is 0 Å². The molecule has 4 nitrogen and oxygen atoms in total. The van der Waals surface area contributed by atoms with E-state index in [1.165, 1.54) is 30.5 Å². The molecule has 0 aromatic carbocycles. The van der Waals surface area contributed by atoms with Crippen LogP contribution in [-0.4, -0.2) is 30.0 Å². The Balaban J connectivity index is 2.27. The van der Waals surface area contributed by atoms with Gasteiger partial charge in [0.1, 0.15) is 0 Å². The second-order valence-electron chi connectivity index (χ2n) is 4.49. The van der Waals surface area contributed by atoms with Crippen molar-refractivity contribution in [1.82, 2.24) is 9.78 Å². The van der Waals surface area contributed by atoms with E-state index in [0.717, 1.165) is 18.9 Å². The number of aromatic nitrogens is 2. The Morgan fingerprint density at radius 3 is 2.56 bits per heavy atom. The van der Waals surface area contributed by atoms with Crippen molar-refractivity contribution in [3.63, 3.8) is 0 Å². The largest absolute Gasteiger partial charge is 0.380 e. The predicted molar refractivity (Wildman–Crippen MR) is 64.7 cm³/mol. The van der Waals surface area contributed by atoms with E-state index in [2.05, 4.69) is 16.9 Å². The second kappa shape index (κ2) is 4.87. The first-order chi connectivity index (χ1) is 7.74. The summed E-state index contributed by atoms with van der Waals surface area (Å²) in [6, 6.07) is 0. The summed E-state index contributed by atoms with van der Waals surface area (Å²) in [6.07, 6.45) is 3.91. The van der Waals surface area contributed by atoms with Crippen molar-refractivity contribution < 1.29 is 4.74 Å². The molecule has 0 atom stereocenters. The Bertz CT molecular complexity index is 353. The first-order valence-corrected chi connectivity index (χ1v) is 6.00. The molecule has 4 heteroatoms. The lowest BCUT2D eigenvalue weighted by Crippen LogP contribution is -2.30. The van der Waals surface area contributed by atoms with Gasteiger partial charge in [-0.05, 0) is 26.2 Å². The maximum Gasteiger partial charge on any atom is 0.156 e. The zero-order chi connectivity index (χ0) is 11.5. The van der Waals surface area contributed by atoms with E-state index in [0.29, 0.717) is 6.61 Å². The number of hydrogen-bond acceptors (Lipinski definition) is 3. The number of piperidine rings is 1. The quantitative estimate of drug-likeness (QED) is 0.783. The summed E-state index contributed by atoms with van der Waals surface area (Å²) in [6.45, 7) is 5.03. The summed E-state index contributed by atoms with van der Waals surface area (Å²) < 4.78 is 7.23. The number of anilines is 1. The third kappa shape index (κ3) is 2.07. The van der Waals surface area contributed by atoms with E-state index in [-0.39, 0.29) is 0 Å². The van der Waals surface area contributed by atoms with Gasteiger partial charge in [0.25, 0.3) is 0 Å². The minimum Gasteiger partial charge on any atom is -0.380 e. The highest BCUT2D eigenvalue weighted by molar-refractivity contribution is 5.49. The van der Waals surface area contributed by atoms with E-state index in [4.69, 9.17) is 4.74 Å². The third-order valence-corrected chi connectivity index (χ3v) is 3.38. The molecule has 16 heavy (non-hydrogen) atoms. The minimum absolute atomic E-state index is 0.658. The van der Waals surface area contributed by atoms with Gasteiger partial charge in [0.15, 0.2) is 5.82 Å². The average molecular weight is 223 g/mol. The van der Waals surface area contributed by atoms with Crippen molar-refractivity contribution >= 4 is 5.82 Å². The fraction of sp³-hybridized carbons (Fsp3) is 0.750. The zero-order valence-electron chi connectivity index (χ0n) is 10.5.